The Labute approximate surface area is 171 Å². The number of benzene rings is 2. The summed E-state index contributed by atoms with van der Waals surface area (Å²) in [7, 11) is -0.724. The van der Waals surface area contributed by atoms with Crippen LogP contribution in [-0.4, -0.2) is 45.3 Å². The lowest BCUT2D eigenvalue weighted by atomic mass is 9.99. The number of amides is 1. The Morgan fingerprint density at radius 3 is 2.14 bits per heavy atom. The molecule has 0 bridgehead atoms. The lowest BCUT2D eigenvalue weighted by molar-refractivity contribution is -0.119. The van der Waals surface area contributed by atoms with E-state index in [9.17, 15) is 18.0 Å². The molecule has 0 aliphatic carbocycles. The molecule has 0 aliphatic rings. The lowest BCUT2D eigenvalue weighted by Crippen LogP contribution is -2.22. The van der Waals surface area contributed by atoms with E-state index in [1.807, 2.05) is 24.3 Å². The van der Waals surface area contributed by atoms with Gasteiger partial charge >= 0.3 is 5.97 Å². The van der Waals surface area contributed by atoms with Gasteiger partial charge in [-0.25, -0.2) is 17.5 Å². The highest BCUT2D eigenvalue weighted by atomic mass is 32.2. The third kappa shape index (κ3) is 5.88. The van der Waals surface area contributed by atoms with Gasteiger partial charge in [-0.05, 0) is 54.3 Å². The van der Waals surface area contributed by atoms with Crippen LogP contribution in [0.5, 0.6) is 0 Å². The maximum absolute atomic E-state index is 12.1. The number of nitrogens with one attached hydrogen (secondary N) is 1. The molecule has 0 saturated carbocycles. The van der Waals surface area contributed by atoms with Crippen molar-refractivity contribution in [1.82, 2.24) is 4.31 Å². The Morgan fingerprint density at radius 2 is 1.62 bits per heavy atom. The normalized spacial score (nSPS) is 12.4. The van der Waals surface area contributed by atoms with Crippen molar-refractivity contribution >= 4 is 27.6 Å². The van der Waals surface area contributed by atoms with Crippen LogP contribution in [0.25, 0.3) is 0 Å². The van der Waals surface area contributed by atoms with E-state index in [4.69, 9.17) is 4.74 Å². The lowest BCUT2D eigenvalue weighted by Gasteiger charge is -2.12. The van der Waals surface area contributed by atoms with E-state index in [1.54, 1.807) is 0 Å². The molecular formula is C21H26N2O5S. The third-order valence-electron chi connectivity index (χ3n) is 4.58. The third-order valence-corrected chi connectivity index (χ3v) is 6.41. The molecule has 2 aromatic carbocycles. The van der Waals surface area contributed by atoms with Crippen molar-refractivity contribution < 1.29 is 22.7 Å². The summed E-state index contributed by atoms with van der Waals surface area (Å²) >= 11 is 0. The molecule has 1 atom stereocenters. The van der Waals surface area contributed by atoms with Gasteiger partial charge in [-0.1, -0.05) is 26.0 Å². The molecule has 8 heteroatoms. The Hall–Kier alpha value is -2.71. The van der Waals surface area contributed by atoms with E-state index < -0.39 is 28.5 Å². The molecule has 0 aromatic heterocycles. The highest BCUT2D eigenvalue weighted by Crippen LogP contribution is 2.20. The van der Waals surface area contributed by atoms with Crippen molar-refractivity contribution in [3.05, 3.63) is 59.7 Å². The predicted octanol–water partition coefficient (Wildman–Crippen LogP) is 3.25. The summed E-state index contributed by atoms with van der Waals surface area (Å²) < 4.78 is 30.2. The highest BCUT2D eigenvalue weighted by Gasteiger charge is 2.18. The summed E-state index contributed by atoms with van der Waals surface area (Å²) in [5.74, 6) is -0.720. The average molecular weight is 419 g/mol. The minimum Gasteiger partial charge on any atom is -0.452 e. The molecule has 0 spiro atoms. The number of anilines is 1. The number of sulfonamides is 1. The first-order chi connectivity index (χ1) is 13.6. The van der Waals surface area contributed by atoms with Gasteiger partial charge in [0.25, 0.3) is 5.91 Å². The summed E-state index contributed by atoms with van der Waals surface area (Å²) in [5, 5.41) is 2.67. The molecule has 1 amide bonds. The Morgan fingerprint density at radius 1 is 1.03 bits per heavy atom. The van der Waals surface area contributed by atoms with Gasteiger partial charge in [-0.15, -0.1) is 0 Å². The molecule has 2 rings (SSSR count). The summed E-state index contributed by atoms with van der Waals surface area (Å²) in [6, 6.07) is 12.9. The zero-order valence-corrected chi connectivity index (χ0v) is 17.8. The van der Waals surface area contributed by atoms with Gasteiger partial charge in [-0.2, -0.15) is 0 Å². The number of ether oxygens (including phenoxy) is 1. The first kappa shape index (κ1) is 22.6. The number of rotatable bonds is 8. The van der Waals surface area contributed by atoms with Crippen LogP contribution in [0.3, 0.4) is 0 Å². The van der Waals surface area contributed by atoms with Gasteiger partial charge in [0.2, 0.25) is 10.0 Å². The van der Waals surface area contributed by atoms with E-state index in [0.717, 1.165) is 10.7 Å². The van der Waals surface area contributed by atoms with Crippen molar-refractivity contribution in [2.24, 2.45) is 0 Å². The van der Waals surface area contributed by atoms with Gasteiger partial charge < -0.3 is 10.1 Å². The molecule has 2 aromatic rings. The molecule has 0 heterocycles. The van der Waals surface area contributed by atoms with Gasteiger partial charge in [0.05, 0.1) is 10.5 Å². The minimum absolute atomic E-state index is 0.0673. The summed E-state index contributed by atoms with van der Waals surface area (Å²) in [6.45, 7) is 3.81. The Bertz CT molecular complexity index is 952. The second kappa shape index (κ2) is 9.67. The maximum atomic E-state index is 12.1. The van der Waals surface area contributed by atoms with Crippen LogP contribution >= 0.6 is 0 Å². The number of carbonyl (C=O) groups excluding carboxylic acids is 2. The van der Waals surface area contributed by atoms with E-state index in [0.29, 0.717) is 11.6 Å². The molecule has 29 heavy (non-hydrogen) atoms. The molecule has 0 fully saturated rings. The zero-order chi connectivity index (χ0) is 21.6. The monoisotopic (exact) mass is 418 g/mol. The smallest absolute Gasteiger partial charge is 0.338 e. The van der Waals surface area contributed by atoms with Crippen molar-refractivity contribution in [2.45, 2.75) is 31.1 Å². The van der Waals surface area contributed by atoms with Gasteiger partial charge in [-0.3, -0.25) is 4.79 Å². The maximum Gasteiger partial charge on any atom is 0.338 e. The fraction of sp³-hybridized carbons (Fsp3) is 0.333. The van der Waals surface area contributed by atoms with E-state index in [-0.39, 0.29) is 10.5 Å². The molecule has 0 saturated heterocycles. The number of hydrogen-bond acceptors (Lipinski definition) is 5. The SMILES string of the molecule is CC[C@@H](C)c1ccc(NC(=O)COC(=O)c2ccc(S(=O)(=O)N(C)C)cc2)cc1. The predicted molar refractivity (Wildman–Crippen MR) is 111 cm³/mol. The second-order valence-electron chi connectivity index (χ2n) is 6.87. The van der Waals surface area contributed by atoms with Crippen molar-refractivity contribution in [1.29, 1.82) is 0 Å². The molecule has 156 valence electrons. The highest BCUT2D eigenvalue weighted by molar-refractivity contribution is 7.89. The molecule has 7 nitrogen and oxygen atoms in total. The molecule has 0 unspecified atom stereocenters. The van der Waals surface area contributed by atoms with Gasteiger partial charge in [0, 0.05) is 19.8 Å². The van der Waals surface area contributed by atoms with Gasteiger partial charge in [0.1, 0.15) is 0 Å². The van der Waals surface area contributed by atoms with Crippen molar-refractivity contribution in [2.75, 3.05) is 26.0 Å². The second-order valence-corrected chi connectivity index (χ2v) is 9.02. The number of nitrogens with zero attached hydrogens (tertiary/aromatic N) is 1. The van der Waals surface area contributed by atoms with Crippen molar-refractivity contribution in [3.63, 3.8) is 0 Å². The first-order valence-electron chi connectivity index (χ1n) is 9.24. The van der Waals surface area contributed by atoms with Crippen molar-refractivity contribution in [3.8, 4) is 0 Å². The molecular weight excluding hydrogens is 392 g/mol. The average Bonchev–Trinajstić information content (AvgIpc) is 2.72. The summed E-state index contributed by atoms with van der Waals surface area (Å²) in [5.41, 5.74) is 1.97. The van der Waals surface area contributed by atoms with Crippen LogP contribution in [-0.2, 0) is 19.6 Å². The van der Waals surface area contributed by atoms with Crippen LogP contribution in [0.2, 0.25) is 0 Å². The van der Waals surface area contributed by atoms with Crippen LogP contribution in [0.4, 0.5) is 5.69 Å². The summed E-state index contributed by atoms with van der Waals surface area (Å²) in [4.78, 5) is 24.2. The molecule has 0 aliphatic heterocycles. The van der Waals surface area contributed by atoms with E-state index in [1.165, 1.54) is 43.9 Å². The Kier molecular flexibility index (Phi) is 7.53. The first-order valence-corrected chi connectivity index (χ1v) is 10.7. The van der Waals surface area contributed by atoms with Crippen LogP contribution < -0.4 is 5.32 Å². The zero-order valence-electron chi connectivity index (χ0n) is 17.0. The number of carbonyl (C=O) groups is 2. The van der Waals surface area contributed by atoms with Crippen LogP contribution in [0.1, 0.15) is 42.1 Å². The quantitative estimate of drug-likeness (QED) is 0.665. The number of hydrogen-bond donors (Lipinski definition) is 1. The van der Waals surface area contributed by atoms with Crippen LogP contribution in [0.15, 0.2) is 53.4 Å². The largest absolute Gasteiger partial charge is 0.452 e. The van der Waals surface area contributed by atoms with E-state index >= 15 is 0 Å². The Balaban J connectivity index is 1.91. The fourth-order valence-electron chi connectivity index (χ4n) is 2.52. The van der Waals surface area contributed by atoms with Gasteiger partial charge in [0.15, 0.2) is 6.61 Å². The topological polar surface area (TPSA) is 92.8 Å². The van der Waals surface area contributed by atoms with Crippen LogP contribution in [0, 0.1) is 0 Å². The molecule has 1 N–H and O–H groups in total. The number of esters is 1. The van der Waals surface area contributed by atoms with E-state index in [2.05, 4.69) is 19.2 Å². The minimum atomic E-state index is -3.57. The standard InChI is InChI=1S/C21H26N2O5S/c1-5-15(2)16-6-10-18(11-7-16)22-20(24)14-28-21(25)17-8-12-19(13-9-17)29(26,27)23(3)4/h6-13,15H,5,14H2,1-4H3,(H,22,24)/t15-/m1/s1. The molecule has 0 radical (unpaired) electrons. The fourth-order valence-corrected chi connectivity index (χ4v) is 3.42. The summed E-state index contributed by atoms with van der Waals surface area (Å²) in [6.07, 6.45) is 1.03.